The van der Waals surface area contributed by atoms with Crippen LogP contribution in [0.3, 0.4) is 0 Å². The normalized spacial score (nSPS) is 18.3. The van der Waals surface area contributed by atoms with Crippen molar-refractivity contribution in [3.8, 4) is 0 Å². The second kappa shape index (κ2) is 12.8. The van der Waals surface area contributed by atoms with Crippen LogP contribution in [0.1, 0.15) is 37.2 Å². The molecule has 1 aliphatic rings. The minimum atomic E-state index is -0.648. The zero-order valence-corrected chi connectivity index (χ0v) is 19.3. The molecule has 0 amide bonds. The molecular weight excluding hydrogens is 481 g/mol. The van der Waals surface area contributed by atoms with Gasteiger partial charge < -0.3 is 20.2 Å². The van der Waals surface area contributed by atoms with E-state index in [1.807, 2.05) is 24.3 Å². The highest BCUT2D eigenvalue weighted by molar-refractivity contribution is 14.0. The van der Waals surface area contributed by atoms with Gasteiger partial charge in [-0.3, -0.25) is 14.9 Å². The molecule has 7 nitrogen and oxygen atoms in total. The lowest BCUT2D eigenvalue weighted by atomic mass is 10.1. The molecule has 0 saturated carbocycles. The molecule has 1 saturated heterocycles. The molecule has 1 aliphatic heterocycles. The third-order valence-corrected chi connectivity index (χ3v) is 5.17. The number of hydrogen-bond acceptors (Lipinski definition) is 5. The Morgan fingerprint density at radius 1 is 1.34 bits per heavy atom. The SMILES string of the molecule is CCN1CCCC1CNC(=NCC(O)c1ccncc1)NCCc1ccco1.I. The summed E-state index contributed by atoms with van der Waals surface area (Å²) < 4.78 is 5.39. The highest BCUT2D eigenvalue weighted by Crippen LogP contribution is 2.15. The molecule has 160 valence electrons. The van der Waals surface area contributed by atoms with E-state index in [2.05, 4.69) is 32.4 Å². The number of aliphatic hydroxyl groups is 1. The molecule has 8 heteroatoms. The molecule has 0 aliphatic carbocycles. The average molecular weight is 513 g/mol. The van der Waals surface area contributed by atoms with Gasteiger partial charge in [-0.1, -0.05) is 6.92 Å². The van der Waals surface area contributed by atoms with Gasteiger partial charge in [-0.25, -0.2) is 0 Å². The standard InChI is InChI=1S/C21H31N5O2.HI/c1-2-26-13-3-5-18(26)15-24-21(23-12-9-19-6-4-14-28-19)25-16-20(27)17-7-10-22-11-8-17;/h4,6-8,10-11,14,18,20,27H,2-3,5,9,12-13,15-16H2,1H3,(H2,23,24,25);1H. The molecular formula is C21H32IN5O2. The van der Waals surface area contributed by atoms with Crippen LogP contribution in [-0.2, 0) is 6.42 Å². The first-order chi connectivity index (χ1) is 13.8. The van der Waals surface area contributed by atoms with Crippen molar-refractivity contribution in [2.24, 2.45) is 4.99 Å². The van der Waals surface area contributed by atoms with E-state index in [1.165, 1.54) is 19.4 Å². The van der Waals surface area contributed by atoms with Crippen LogP contribution in [0.4, 0.5) is 0 Å². The van der Waals surface area contributed by atoms with Crippen molar-refractivity contribution in [3.63, 3.8) is 0 Å². The molecule has 2 aromatic heterocycles. The van der Waals surface area contributed by atoms with Crippen LogP contribution in [-0.4, -0.2) is 59.7 Å². The van der Waals surface area contributed by atoms with E-state index in [0.717, 1.165) is 36.8 Å². The number of likely N-dealkylation sites (N-methyl/N-ethyl adjacent to an activating group) is 1. The summed E-state index contributed by atoms with van der Waals surface area (Å²) in [6.45, 7) is 6.31. The number of likely N-dealkylation sites (tertiary alicyclic amines) is 1. The van der Waals surface area contributed by atoms with Crippen LogP contribution in [0.2, 0.25) is 0 Å². The molecule has 3 rings (SSSR count). The highest BCUT2D eigenvalue weighted by Gasteiger charge is 2.22. The van der Waals surface area contributed by atoms with Crippen LogP contribution in [0.15, 0.2) is 52.3 Å². The summed E-state index contributed by atoms with van der Waals surface area (Å²) in [7, 11) is 0. The number of guanidine groups is 1. The van der Waals surface area contributed by atoms with Crippen molar-refractivity contribution < 1.29 is 9.52 Å². The second-order valence-electron chi connectivity index (χ2n) is 7.05. The van der Waals surface area contributed by atoms with Crippen molar-refractivity contribution in [2.75, 3.05) is 32.7 Å². The molecule has 0 radical (unpaired) electrons. The lowest BCUT2D eigenvalue weighted by Crippen LogP contribution is -2.45. The van der Waals surface area contributed by atoms with Gasteiger partial charge in [0.15, 0.2) is 5.96 Å². The molecule has 0 spiro atoms. The zero-order valence-electron chi connectivity index (χ0n) is 17.0. The fraction of sp³-hybridized carbons (Fsp3) is 0.524. The first-order valence-corrected chi connectivity index (χ1v) is 10.1. The maximum Gasteiger partial charge on any atom is 0.191 e. The first-order valence-electron chi connectivity index (χ1n) is 10.1. The van der Waals surface area contributed by atoms with Gasteiger partial charge in [0.25, 0.3) is 0 Å². The number of halogens is 1. The molecule has 2 atom stereocenters. The summed E-state index contributed by atoms with van der Waals surface area (Å²) in [5.74, 6) is 1.67. The summed E-state index contributed by atoms with van der Waals surface area (Å²) in [5.41, 5.74) is 0.821. The van der Waals surface area contributed by atoms with E-state index in [-0.39, 0.29) is 24.0 Å². The van der Waals surface area contributed by atoms with Crippen molar-refractivity contribution in [1.29, 1.82) is 0 Å². The van der Waals surface area contributed by atoms with Gasteiger partial charge in [0.2, 0.25) is 0 Å². The maximum atomic E-state index is 10.4. The summed E-state index contributed by atoms with van der Waals surface area (Å²) in [6, 6.07) is 8.03. The van der Waals surface area contributed by atoms with Gasteiger partial charge >= 0.3 is 0 Å². The molecule has 0 aromatic carbocycles. The van der Waals surface area contributed by atoms with Gasteiger partial charge in [0.05, 0.1) is 18.9 Å². The number of furan rings is 1. The Kier molecular flexibility index (Phi) is 10.4. The van der Waals surface area contributed by atoms with E-state index >= 15 is 0 Å². The number of aliphatic imine (C=N–C) groups is 1. The van der Waals surface area contributed by atoms with Gasteiger partial charge in [-0.15, -0.1) is 24.0 Å². The average Bonchev–Trinajstić information content (AvgIpc) is 3.41. The zero-order chi connectivity index (χ0) is 19.6. The number of aromatic nitrogens is 1. The van der Waals surface area contributed by atoms with E-state index in [0.29, 0.717) is 19.1 Å². The third kappa shape index (κ3) is 7.60. The number of nitrogens with zero attached hydrogens (tertiary/aromatic N) is 3. The largest absolute Gasteiger partial charge is 0.469 e. The number of rotatable bonds is 9. The van der Waals surface area contributed by atoms with Crippen molar-refractivity contribution in [1.82, 2.24) is 20.5 Å². The topological polar surface area (TPSA) is 85.9 Å². The van der Waals surface area contributed by atoms with E-state index < -0.39 is 6.10 Å². The number of aliphatic hydroxyl groups excluding tert-OH is 1. The molecule has 3 N–H and O–H groups in total. The van der Waals surface area contributed by atoms with Gasteiger partial charge in [0, 0.05) is 37.9 Å². The fourth-order valence-electron chi connectivity index (χ4n) is 3.56. The molecule has 1 fully saturated rings. The summed E-state index contributed by atoms with van der Waals surface area (Å²) >= 11 is 0. The van der Waals surface area contributed by atoms with Gasteiger partial charge in [-0.05, 0) is 55.8 Å². The van der Waals surface area contributed by atoms with E-state index in [4.69, 9.17) is 4.42 Å². The lowest BCUT2D eigenvalue weighted by molar-refractivity contribution is 0.187. The van der Waals surface area contributed by atoms with Crippen LogP contribution in [0.5, 0.6) is 0 Å². The fourth-order valence-corrected chi connectivity index (χ4v) is 3.56. The van der Waals surface area contributed by atoms with Crippen molar-refractivity contribution >= 4 is 29.9 Å². The quantitative estimate of drug-likeness (QED) is 0.272. The van der Waals surface area contributed by atoms with Crippen LogP contribution in [0, 0.1) is 0 Å². The Bertz CT molecular complexity index is 711. The molecule has 3 heterocycles. The van der Waals surface area contributed by atoms with Crippen LogP contribution in [0.25, 0.3) is 0 Å². The third-order valence-electron chi connectivity index (χ3n) is 5.17. The lowest BCUT2D eigenvalue weighted by Gasteiger charge is -2.24. The summed E-state index contributed by atoms with van der Waals surface area (Å²) in [4.78, 5) is 11.1. The Morgan fingerprint density at radius 3 is 2.90 bits per heavy atom. The van der Waals surface area contributed by atoms with Crippen molar-refractivity contribution in [2.45, 2.75) is 38.3 Å². The van der Waals surface area contributed by atoms with Gasteiger partial charge in [0.1, 0.15) is 5.76 Å². The van der Waals surface area contributed by atoms with Crippen LogP contribution < -0.4 is 10.6 Å². The Balaban J connectivity index is 0.00000300. The minimum absolute atomic E-state index is 0. The predicted molar refractivity (Wildman–Crippen MR) is 126 cm³/mol. The number of hydrogen-bond donors (Lipinski definition) is 3. The molecule has 2 unspecified atom stereocenters. The predicted octanol–water partition coefficient (Wildman–Crippen LogP) is 2.59. The van der Waals surface area contributed by atoms with Crippen LogP contribution >= 0.6 is 24.0 Å². The van der Waals surface area contributed by atoms with E-state index in [9.17, 15) is 5.11 Å². The minimum Gasteiger partial charge on any atom is -0.469 e. The Morgan fingerprint density at radius 2 is 2.17 bits per heavy atom. The van der Waals surface area contributed by atoms with Crippen molar-refractivity contribution in [3.05, 3.63) is 54.2 Å². The van der Waals surface area contributed by atoms with E-state index in [1.54, 1.807) is 18.7 Å². The maximum absolute atomic E-state index is 10.4. The Labute approximate surface area is 190 Å². The smallest absolute Gasteiger partial charge is 0.191 e. The second-order valence-corrected chi connectivity index (χ2v) is 7.05. The summed E-state index contributed by atoms with van der Waals surface area (Å²) in [6.07, 6.45) is 7.65. The Hall–Kier alpha value is -1.65. The first kappa shape index (κ1) is 23.6. The summed E-state index contributed by atoms with van der Waals surface area (Å²) in [5, 5.41) is 17.2. The van der Waals surface area contributed by atoms with Gasteiger partial charge in [-0.2, -0.15) is 0 Å². The number of pyridine rings is 1. The monoisotopic (exact) mass is 513 g/mol. The molecule has 29 heavy (non-hydrogen) atoms. The number of nitrogens with one attached hydrogen (secondary N) is 2. The molecule has 2 aromatic rings. The highest BCUT2D eigenvalue weighted by atomic mass is 127. The molecule has 0 bridgehead atoms.